The third-order valence-electron chi connectivity index (χ3n) is 11.1. The van der Waals surface area contributed by atoms with Gasteiger partial charge in [0, 0.05) is 13.1 Å². The van der Waals surface area contributed by atoms with Crippen LogP contribution >= 0.6 is 0 Å². The molecule has 1 heterocycles. The van der Waals surface area contributed by atoms with Crippen LogP contribution in [0.25, 0.3) is 0 Å². The number of benzene rings is 1. The highest BCUT2D eigenvalue weighted by molar-refractivity contribution is 6.38. The monoisotopic (exact) mass is 676 g/mol. The van der Waals surface area contributed by atoms with Crippen molar-refractivity contribution >= 4 is 29.6 Å². The Bertz CT molecular complexity index is 1330. The number of ketones is 1. The van der Waals surface area contributed by atoms with Crippen LogP contribution in [0.15, 0.2) is 36.9 Å². The SMILES string of the molecule is C=CCNC(=O)C(=O)C(CCC)NC(=O)[C@@H]1CCCN1C(=O)[C@@H](NC(=O)OC12CC3CC(CC(C3)C1)C2)C1Cc2ccccc2C1.CCC. The predicted octanol–water partition coefficient (Wildman–Crippen LogP) is 5.03. The van der Waals surface area contributed by atoms with Crippen molar-refractivity contribution in [2.45, 2.75) is 128 Å². The number of nitrogens with one attached hydrogen (secondary N) is 3. The van der Waals surface area contributed by atoms with Crippen LogP contribution in [-0.4, -0.2) is 71.3 Å². The van der Waals surface area contributed by atoms with Gasteiger partial charge in [0.15, 0.2) is 0 Å². The van der Waals surface area contributed by atoms with Gasteiger partial charge in [-0.15, -0.1) is 6.58 Å². The summed E-state index contributed by atoms with van der Waals surface area (Å²) < 4.78 is 6.28. The number of likely N-dealkylation sites (tertiary alicyclic amines) is 1. The zero-order valence-electron chi connectivity index (χ0n) is 29.6. The Hall–Kier alpha value is -3.69. The lowest BCUT2D eigenvalue weighted by atomic mass is 9.54. The second-order valence-corrected chi connectivity index (χ2v) is 15.2. The Kier molecular flexibility index (Phi) is 12.2. The number of Topliss-reactive ketones (excluding diaryl/α,β-unsaturated/α-hetero) is 1. The first kappa shape index (κ1) is 36.6. The first-order chi connectivity index (χ1) is 23.6. The van der Waals surface area contributed by atoms with Crippen molar-refractivity contribution in [3.63, 3.8) is 0 Å². The standard InChI is InChI=1S/C36H48N4O6.C3H8/c1-3-8-28(31(41)33(43)37-12-4-2)38-32(42)29-11-7-13-40(29)34(44)30(27-17-25-9-5-6-10-26(25)18-27)39-35(45)46-36-19-22-14-23(20-36)16-24(15-22)21-36;1-3-2/h4-6,9-10,22-24,27-30H,2-3,7-8,11-21H2,1H3,(H,37,43)(H,38,42)(H,39,45);3H2,1-2H3/t22?,23?,24?,28?,29-,30-,36?;/m0./s1. The summed E-state index contributed by atoms with van der Waals surface area (Å²) in [6.07, 6.45) is 11.8. The molecule has 0 radical (unpaired) electrons. The Labute approximate surface area is 291 Å². The summed E-state index contributed by atoms with van der Waals surface area (Å²) in [5.74, 6) is -0.604. The van der Waals surface area contributed by atoms with Crippen LogP contribution in [0.3, 0.4) is 0 Å². The maximum Gasteiger partial charge on any atom is 0.408 e. The quantitative estimate of drug-likeness (QED) is 0.210. The molecule has 10 heteroatoms. The summed E-state index contributed by atoms with van der Waals surface area (Å²) >= 11 is 0. The Balaban J connectivity index is 0.00000151. The van der Waals surface area contributed by atoms with E-state index in [4.69, 9.17) is 4.74 Å². The van der Waals surface area contributed by atoms with Crippen LogP contribution in [0.2, 0.25) is 0 Å². The molecule has 1 unspecified atom stereocenters. The van der Waals surface area contributed by atoms with Crippen molar-refractivity contribution in [3.8, 4) is 0 Å². The van der Waals surface area contributed by atoms with Crippen LogP contribution in [-0.2, 0) is 36.8 Å². The van der Waals surface area contributed by atoms with Gasteiger partial charge in [0.1, 0.15) is 17.7 Å². The molecule has 5 aliphatic carbocycles. The molecule has 49 heavy (non-hydrogen) atoms. The van der Waals surface area contributed by atoms with Gasteiger partial charge in [-0.05, 0) is 105 Å². The molecule has 3 atom stereocenters. The lowest BCUT2D eigenvalue weighted by Crippen LogP contribution is -2.59. The molecule has 0 aromatic heterocycles. The molecule has 4 amide bonds. The van der Waals surface area contributed by atoms with Crippen LogP contribution in [0.5, 0.6) is 0 Å². The number of fused-ring (bicyclic) bond motifs is 1. The molecule has 0 spiro atoms. The molecule has 7 rings (SSSR count). The topological polar surface area (TPSA) is 134 Å². The number of alkyl carbamates (subject to hydrolysis) is 1. The second kappa shape index (κ2) is 16.3. The molecule has 268 valence electrons. The smallest absolute Gasteiger partial charge is 0.408 e. The fourth-order valence-corrected chi connectivity index (χ4v) is 9.44. The molecule has 3 N–H and O–H groups in total. The van der Waals surface area contributed by atoms with E-state index in [-0.39, 0.29) is 18.4 Å². The Morgan fingerprint density at radius 3 is 2.10 bits per heavy atom. The van der Waals surface area contributed by atoms with E-state index in [1.165, 1.54) is 31.8 Å². The maximum atomic E-state index is 14.4. The van der Waals surface area contributed by atoms with E-state index >= 15 is 0 Å². The van der Waals surface area contributed by atoms with Gasteiger partial charge in [-0.2, -0.15) is 0 Å². The number of nitrogens with zero attached hydrogens (tertiary/aromatic N) is 1. The van der Waals surface area contributed by atoms with Crippen molar-refractivity contribution in [3.05, 3.63) is 48.0 Å². The van der Waals surface area contributed by atoms with Gasteiger partial charge in [0.2, 0.25) is 17.6 Å². The molecular formula is C39H56N4O6. The minimum Gasteiger partial charge on any atom is -0.443 e. The minimum absolute atomic E-state index is 0.146. The van der Waals surface area contributed by atoms with Crippen LogP contribution in [0.1, 0.15) is 103 Å². The second-order valence-electron chi connectivity index (χ2n) is 15.2. The first-order valence-corrected chi connectivity index (χ1v) is 18.7. The third kappa shape index (κ3) is 8.55. The predicted molar refractivity (Wildman–Crippen MR) is 187 cm³/mol. The highest BCUT2D eigenvalue weighted by Gasteiger charge is 2.54. The lowest BCUT2D eigenvalue weighted by molar-refractivity contribution is -0.144. The fraction of sp³-hybridized carbons (Fsp3) is 0.667. The lowest BCUT2D eigenvalue weighted by Gasteiger charge is -2.55. The number of carbonyl (C=O) groups excluding carboxylic acids is 5. The highest BCUT2D eigenvalue weighted by Crippen LogP contribution is 2.57. The molecule has 5 fully saturated rings. The molecule has 1 aliphatic heterocycles. The van der Waals surface area contributed by atoms with Gasteiger partial charge in [-0.25, -0.2) is 4.79 Å². The summed E-state index contributed by atoms with van der Waals surface area (Å²) in [5.41, 5.74) is 1.88. The summed E-state index contributed by atoms with van der Waals surface area (Å²) in [6.45, 7) is 10.2. The number of ether oxygens (including phenoxy) is 1. The number of hydrogen-bond donors (Lipinski definition) is 3. The average molecular weight is 677 g/mol. The Morgan fingerprint density at radius 1 is 0.959 bits per heavy atom. The summed E-state index contributed by atoms with van der Waals surface area (Å²) in [7, 11) is 0. The minimum atomic E-state index is -0.992. The van der Waals surface area contributed by atoms with E-state index < -0.39 is 47.4 Å². The van der Waals surface area contributed by atoms with Gasteiger partial charge < -0.3 is 25.6 Å². The number of rotatable bonds is 12. The van der Waals surface area contributed by atoms with E-state index in [0.717, 1.165) is 30.4 Å². The highest BCUT2D eigenvalue weighted by atomic mass is 16.6. The van der Waals surface area contributed by atoms with Gasteiger partial charge in [-0.1, -0.05) is 64.0 Å². The van der Waals surface area contributed by atoms with E-state index in [1.54, 1.807) is 4.90 Å². The molecule has 1 aromatic rings. The van der Waals surface area contributed by atoms with Crippen LogP contribution in [0.4, 0.5) is 4.79 Å². The molecule has 1 aromatic carbocycles. The largest absolute Gasteiger partial charge is 0.443 e. The van der Waals surface area contributed by atoms with Gasteiger partial charge in [0.05, 0.1) is 6.04 Å². The molecule has 1 saturated heterocycles. The third-order valence-corrected chi connectivity index (χ3v) is 11.1. The maximum absolute atomic E-state index is 14.4. The number of carbonyl (C=O) groups is 5. The molecule has 4 saturated carbocycles. The van der Waals surface area contributed by atoms with Crippen LogP contribution < -0.4 is 16.0 Å². The fourth-order valence-electron chi connectivity index (χ4n) is 9.44. The van der Waals surface area contributed by atoms with E-state index in [9.17, 15) is 24.0 Å². The van der Waals surface area contributed by atoms with Gasteiger partial charge in [-0.3, -0.25) is 19.2 Å². The van der Waals surface area contributed by atoms with Crippen molar-refractivity contribution in [1.82, 2.24) is 20.9 Å². The van der Waals surface area contributed by atoms with Crippen LogP contribution in [0, 0.1) is 23.7 Å². The summed E-state index contributed by atoms with van der Waals surface area (Å²) in [5, 5.41) is 8.27. The van der Waals surface area contributed by atoms with E-state index in [2.05, 4.69) is 48.5 Å². The molecular weight excluding hydrogens is 620 g/mol. The van der Waals surface area contributed by atoms with Crippen molar-refractivity contribution in [2.75, 3.05) is 13.1 Å². The van der Waals surface area contributed by atoms with Crippen molar-refractivity contribution < 1.29 is 28.7 Å². The van der Waals surface area contributed by atoms with Gasteiger partial charge in [0.25, 0.3) is 5.91 Å². The van der Waals surface area contributed by atoms with Crippen molar-refractivity contribution in [1.29, 1.82) is 0 Å². The normalized spacial score (nSPS) is 27.6. The van der Waals surface area contributed by atoms with E-state index in [0.29, 0.717) is 62.8 Å². The summed E-state index contributed by atoms with van der Waals surface area (Å²) in [4.78, 5) is 68.5. The molecule has 10 nitrogen and oxygen atoms in total. The van der Waals surface area contributed by atoms with Crippen molar-refractivity contribution in [2.24, 2.45) is 23.7 Å². The average Bonchev–Trinajstić information content (AvgIpc) is 3.73. The Morgan fingerprint density at radius 2 is 1.55 bits per heavy atom. The summed E-state index contributed by atoms with van der Waals surface area (Å²) in [6, 6.07) is 5.44. The van der Waals surface area contributed by atoms with Gasteiger partial charge >= 0.3 is 6.09 Å². The zero-order chi connectivity index (χ0) is 35.1. The van der Waals surface area contributed by atoms with E-state index in [1.807, 2.05) is 19.1 Å². The first-order valence-electron chi connectivity index (χ1n) is 18.7. The molecule has 6 aliphatic rings. The zero-order valence-corrected chi connectivity index (χ0v) is 29.6. The molecule has 4 bridgehead atoms. The number of hydrogen-bond acceptors (Lipinski definition) is 6. The number of amides is 4.